The summed E-state index contributed by atoms with van der Waals surface area (Å²) in [6.45, 7) is 2.76. The number of benzene rings is 1. The van der Waals surface area contributed by atoms with E-state index in [4.69, 9.17) is 4.98 Å². The number of thiazole rings is 1. The summed E-state index contributed by atoms with van der Waals surface area (Å²) in [6.07, 6.45) is 7.24. The average molecular weight is 356 g/mol. The fourth-order valence-electron chi connectivity index (χ4n) is 3.99. The van der Waals surface area contributed by atoms with Crippen molar-refractivity contribution in [2.75, 3.05) is 13.1 Å². The molecule has 2 aliphatic rings. The molecule has 0 amide bonds. The first kappa shape index (κ1) is 16.7. The molecule has 0 unspecified atom stereocenters. The summed E-state index contributed by atoms with van der Waals surface area (Å²) in [7, 11) is 0. The van der Waals surface area contributed by atoms with Crippen LogP contribution in [0.25, 0.3) is 0 Å². The molecule has 1 N–H and O–H groups in total. The Bertz CT molecular complexity index is 739. The van der Waals surface area contributed by atoms with Crippen molar-refractivity contribution < 1.29 is 9.90 Å². The highest BCUT2D eigenvalue weighted by Gasteiger charge is 2.26. The summed E-state index contributed by atoms with van der Waals surface area (Å²) in [5.74, 6) is -0.250. The van der Waals surface area contributed by atoms with Crippen LogP contribution in [0.1, 0.15) is 63.1 Å². The fraction of sp³-hybridized carbons (Fsp3) is 0.500. The van der Waals surface area contributed by atoms with Crippen LogP contribution in [0.3, 0.4) is 0 Å². The minimum absolute atomic E-state index is 0.428. The molecule has 1 aromatic carbocycles. The highest BCUT2D eigenvalue weighted by Crippen LogP contribution is 2.35. The molecule has 0 atom stereocenters. The molecule has 0 spiro atoms. The van der Waals surface area contributed by atoms with Crippen LogP contribution < -0.4 is 0 Å². The first-order valence-corrected chi connectivity index (χ1v) is 10.0. The van der Waals surface area contributed by atoms with Crippen molar-refractivity contribution in [1.82, 2.24) is 9.88 Å². The van der Waals surface area contributed by atoms with E-state index in [2.05, 4.69) is 4.90 Å². The van der Waals surface area contributed by atoms with Crippen LogP contribution in [0.15, 0.2) is 24.3 Å². The topological polar surface area (TPSA) is 53.4 Å². The molecule has 1 aliphatic heterocycles. The number of carboxylic acids is 1. The van der Waals surface area contributed by atoms with Gasteiger partial charge in [0.1, 0.15) is 0 Å². The SMILES string of the molecule is O=C(O)c1ccccc1CN1CCC(c2nc3c(s2)CCCC3)CC1. The molecule has 1 fully saturated rings. The third-order valence-corrected chi connectivity index (χ3v) is 6.76. The van der Waals surface area contributed by atoms with E-state index in [-0.39, 0.29) is 0 Å². The molecule has 0 radical (unpaired) electrons. The van der Waals surface area contributed by atoms with Crippen molar-refractivity contribution >= 4 is 17.3 Å². The van der Waals surface area contributed by atoms with E-state index in [1.807, 2.05) is 23.5 Å². The number of rotatable bonds is 4. The number of hydrogen-bond acceptors (Lipinski definition) is 4. The average Bonchev–Trinajstić information content (AvgIpc) is 3.07. The number of hydrogen-bond donors (Lipinski definition) is 1. The lowest BCUT2D eigenvalue weighted by atomic mass is 9.96. The van der Waals surface area contributed by atoms with Gasteiger partial charge in [-0.25, -0.2) is 9.78 Å². The molecule has 2 heterocycles. The Balaban J connectivity index is 1.39. The zero-order valence-electron chi connectivity index (χ0n) is 14.4. The smallest absolute Gasteiger partial charge is 0.336 e. The molecule has 1 aliphatic carbocycles. The first-order valence-electron chi connectivity index (χ1n) is 9.23. The summed E-state index contributed by atoms with van der Waals surface area (Å²) in [5, 5.41) is 10.7. The van der Waals surface area contributed by atoms with Gasteiger partial charge in [-0.15, -0.1) is 11.3 Å². The van der Waals surface area contributed by atoms with Crippen LogP contribution in [0.2, 0.25) is 0 Å². The number of aromatic carboxylic acids is 1. The van der Waals surface area contributed by atoms with E-state index >= 15 is 0 Å². The number of nitrogens with zero attached hydrogens (tertiary/aromatic N) is 2. The summed E-state index contributed by atoms with van der Waals surface area (Å²) in [5.41, 5.74) is 2.71. The van der Waals surface area contributed by atoms with E-state index in [1.54, 1.807) is 12.1 Å². The van der Waals surface area contributed by atoms with Gasteiger partial charge in [0.15, 0.2) is 0 Å². The standard InChI is InChI=1S/C20H24N2O2S/c23-20(24)16-6-2-1-5-15(16)13-22-11-9-14(10-12-22)19-21-17-7-3-4-8-18(17)25-19/h1-2,5-6,14H,3-4,7-13H2,(H,23,24). The molecule has 1 aromatic heterocycles. The van der Waals surface area contributed by atoms with Gasteiger partial charge in [-0.2, -0.15) is 0 Å². The number of aryl methyl sites for hydroxylation is 2. The lowest BCUT2D eigenvalue weighted by molar-refractivity contribution is 0.0694. The summed E-state index contributed by atoms with van der Waals surface area (Å²) < 4.78 is 0. The molecule has 4 rings (SSSR count). The normalized spacial score (nSPS) is 18.9. The van der Waals surface area contributed by atoms with Crippen LogP contribution in [-0.4, -0.2) is 34.0 Å². The molecule has 0 saturated carbocycles. The van der Waals surface area contributed by atoms with Crippen molar-refractivity contribution in [1.29, 1.82) is 0 Å². The van der Waals surface area contributed by atoms with Gasteiger partial charge in [-0.3, -0.25) is 4.90 Å². The second-order valence-electron chi connectivity index (χ2n) is 7.14. The number of likely N-dealkylation sites (tertiary alicyclic amines) is 1. The number of aromatic nitrogens is 1. The predicted octanol–water partition coefficient (Wildman–Crippen LogP) is 4.10. The fourth-order valence-corrected chi connectivity index (χ4v) is 5.31. The molecule has 5 heteroatoms. The lowest BCUT2D eigenvalue weighted by Gasteiger charge is -2.31. The summed E-state index contributed by atoms with van der Waals surface area (Å²) >= 11 is 1.95. The van der Waals surface area contributed by atoms with Gasteiger partial charge in [0, 0.05) is 17.3 Å². The van der Waals surface area contributed by atoms with Crippen LogP contribution in [0, 0.1) is 0 Å². The summed E-state index contributed by atoms with van der Waals surface area (Å²) in [4.78, 5) is 20.2. The number of piperidine rings is 1. The largest absolute Gasteiger partial charge is 0.478 e. The minimum atomic E-state index is -0.834. The maximum atomic E-state index is 11.4. The molecule has 25 heavy (non-hydrogen) atoms. The predicted molar refractivity (Wildman–Crippen MR) is 99.4 cm³/mol. The van der Waals surface area contributed by atoms with Gasteiger partial charge < -0.3 is 5.11 Å². The molecular formula is C20H24N2O2S. The number of carbonyl (C=O) groups is 1. The Kier molecular flexibility index (Phi) is 4.86. The lowest BCUT2D eigenvalue weighted by Crippen LogP contribution is -2.33. The van der Waals surface area contributed by atoms with Crippen LogP contribution in [-0.2, 0) is 19.4 Å². The Labute approximate surface area is 152 Å². The van der Waals surface area contributed by atoms with Gasteiger partial charge in [-0.1, -0.05) is 18.2 Å². The highest BCUT2D eigenvalue weighted by molar-refractivity contribution is 7.11. The Morgan fingerprint density at radius 3 is 2.72 bits per heavy atom. The summed E-state index contributed by atoms with van der Waals surface area (Å²) in [6, 6.07) is 7.35. The Hall–Kier alpha value is -1.72. The van der Waals surface area contributed by atoms with Gasteiger partial charge in [0.05, 0.1) is 16.3 Å². The second-order valence-corrected chi connectivity index (χ2v) is 8.26. The van der Waals surface area contributed by atoms with Gasteiger partial charge >= 0.3 is 5.97 Å². The van der Waals surface area contributed by atoms with Crippen molar-refractivity contribution in [3.8, 4) is 0 Å². The number of carboxylic acid groups (broad SMARTS) is 1. The third kappa shape index (κ3) is 3.62. The zero-order chi connectivity index (χ0) is 17.2. The van der Waals surface area contributed by atoms with Crippen LogP contribution in [0.4, 0.5) is 0 Å². The van der Waals surface area contributed by atoms with E-state index < -0.39 is 5.97 Å². The van der Waals surface area contributed by atoms with Crippen molar-refractivity contribution in [2.45, 2.75) is 51.0 Å². The van der Waals surface area contributed by atoms with E-state index in [0.29, 0.717) is 11.5 Å². The quantitative estimate of drug-likeness (QED) is 0.896. The minimum Gasteiger partial charge on any atom is -0.478 e. The monoisotopic (exact) mass is 356 g/mol. The number of fused-ring (bicyclic) bond motifs is 1. The van der Waals surface area contributed by atoms with Gasteiger partial charge in [-0.05, 0) is 63.2 Å². The molecule has 132 valence electrons. The Morgan fingerprint density at radius 2 is 1.96 bits per heavy atom. The molecule has 2 aromatic rings. The second kappa shape index (κ2) is 7.26. The van der Waals surface area contributed by atoms with E-state index in [9.17, 15) is 9.90 Å². The van der Waals surface area contributed by atoms with Crippen LogP contribution in [0.5, 0.6) is 0 Å². The Morgan fingerprint density at radius 1 is 1.20 bits per heavy atom. The maximum Gasteiger partial charge on any atom is 0.336 e. The van der Waals surface area contributed by atoms with Crippen LogP contribution >= 0.6 is 11.3 Å². The van der Waals surface area contributed by atoms with Crippen molar-refractivity contribution in [3.63, 3.8) is 0 Å². The molecule has 1 saturated heterocycles. The molecule has 4 nitrogen and oxygen atoms in total. The van der Waals surface area contributed by atoms with Gasteiger partial charge in [0.2, 0.25) is 0 Å². The zero-order valence-corrected chi connectivity index (χ0v) is 15.2. The highest BCUT2D eigenvalue weighted by atomic mass is 32.1. The van der Waals surface area contributed by atoms with E-state index in [0.717, 1.165) is 44.5 Å². The van der Waals surface area contributed by atoms with Gasteiger partial charge in [0.25, 0.3) is 0 Å². The molecule has 0 bridgehead atoms. The maximum absolute atomic E-state index is 11.4. The van der Waals surface area contributed by atoms with Crippen molar-refractivity contribution in [2.24, 2.45) is 0 Å². The molecular weight excluding hydrogens is 332 g/mol. The third-order valence-electron chi connectivity index (χ3n) is 5.44. The van der Waals surface area contributed by atoms with E-state index in [1.165, 1.54) is 34.8 Å². The first-order chi connectivity index (χ1) is 12.2. The van der Waals surface area contributed by atoms with Crippen molar-refractivity contribution in [3.05, 3.63) is 51.0 Å².